The number of rotatable bonds is 7. The molecule has 1 aromatic heterocycles. The molecule has 0 bridgehead atoms. The van der Waals surface area contributed by atoms with Gasteiger partial charge in [-0.1, -0.05) is 18.2 Å². The number of carbonyl (C=O) groups excluding carboxylic acids is 1. The van der Waals surface area contributed by atoms with Crippen LogP contribution in [0.5, 0.6) is 5.88 Å². The normalized spacial score (nSPS) is 10.6. The van der Waals surface area contributed by atoms with Crippen molar-refractivity contribution in [3.05, 3.63) is 59.3 Å². The first kappa shape index (κ1) is 22.7. The zero-order chi connectivity index (χ0) is 18.8. The summed E-state index contributed by atoms with van der Waals surface area (Å²) in [5.74, 6) is 1.23. The summed E-state index contributed by atoms with van der Waals surface area (Å²) in [4.78, 5) is 20.1. The van der Waals surface area contributed by atoms with Gasteiger partial charge in [0.05, 0.1) is 7.11 Å². The standard InChI is InChI=1S/C19H25N5O2.HI/c1-20-18(25)16-6-4-5-14(11-16)9-10-22-19(21-2)24-13-15-7-8-17(26-3)23-12-15;/h4-8,11-12H,9-10,13H2,1-3H3,(H,20,25)(H2,21,22,24);1H. The number of carbonyl (C=O) groups is 1. The zero-order valence-corrected chi connectivity index (χ0v) is 18.1. The highest BCUT2D eigenvalue weighted by atomic mass is 127. The highest BCUT2D eigenvalue weighted by Gasteiger charge is 2.04. The van der Waals surface area contributed by atoms with Gasteiger partial charge in [-0.2, -0.15) is 0 Å². The van der Waals surface area contributed by atoms with Crippen molar-refractivity contribution in [3.8, 4) is 5.88 Å². The molecule has 7 nitrogen and oxygen atoms in total. The Balaban J connectivity index is 0.00000364. The van der Waals surface area contributed by atoms with Gasteiger partial charge >= 0.3 is 0 Å². The Kier molecular flexibility index (Phi) is 10.2. The number of halogens is 1. The van der Waals surface area contributed by atoms with Crippen LogP contribution in [0.4, 0.5) is 0 Å². The van der Waals surface area contributed by atoms with Crippen LogP contribution in [-0.2, 0) is 13.0 Å². The minimum atomic E-state index is -0.0783. The number of hydrogen-bond acceptors (Lipinski definition) is 4. The van der Waals surface area contributed by atoms with Gasteiger partial charge in [-0.25, -0.2) is 4.98 Å². The third-order valence-electron chi connectivity index (χ3n) is 3.81. The van der Waals surface area contributed by atoms with Crippen LogP contribution in [0.1, 0.15) is 21.5 Å². The number of nitrogens with zero attached hydrogens (tertiary/aromatic N) is 2. The molecule has 0 unspecified atom stereocenters. The number of aliphatic imine (C=N–C) groups is 1. The van der Waals surface area contributed by atoms with E-state index in [4.69, 9.17) is 4.74 Å². The van der Waals surface area contributed by atoms with Gasteiger partial charge in [0, 0.05) is 45.0 Å². The van der Waals surface area contributed by atoms with Crippen LogP contribution in [0.15, 0.2) is 47.6 Å². The molecule has 2 aromatic rings. The van der Waals surface area contributed by atoms with Crippen molar-refractivity contribution in [3.63, 3.8) is 0 Å². The molecular weight excluding hydrogens is 457 g/mol. The minimum Gasteiger partial charge on any atom is -0.481 e. The van der Waals surface area contributed by atoms with E-state index in [-0.39, 0.29) is 29.9 Å². The molecule has 0 radical (unpaired) electrons. The van der Waals surface area contributed by atoms with Gasteiger partial charge in [0.15, 0.2) is 5.96 Å². The molecule has 0 fully saturated rings. The van der Waals surface area contributed by atoms with E-state index in [0.29, 0.717) is 30.5 Å². The lowest BCUT2D eigenvalue weighted by Gasteiger charge is -2.12. The highest BCUT2D eigenvalue weighted by molar-refractivity contribution is 14.0. The monoisotopic (exact) mass is 483 g/mol. The lowest BCUT2D eigenvalue weighted by Crippen LogP contribution is -2.37. The van der Waals surface area contributed by atoms with Crippen molar-refractivity contribution in [2.45, 2.75) is 13.0 Å². The molecule has 0 saturated heterocycles. The highest BCUT2D eigenvalue weighted by Crippen LogP contribution is 2.07. The summed E-state index contributed by atoms with van der Waals surface area (Å²) in [6.45, 7) is 1.32. The number of ether oxygens (including phenoxy) is 1. The van der Waals surface area contributed by atoms with E-state index < -0.39 is 0 Å². The van der Waals surface area contributed by atoms with E-state index >= 15 is 0 Å². The molecule has 8 heteroatoms. The Morgan fingerprint density at radius 3 is 2.63 bits per heavy atom. The lowest BCUT2D eigenvalue weighted by molar-refractivity contribution is 0.0963. The Morgan fingerprint density at radius 2 is 2.00 bits per heavy atom. The van der Waals surface area contributed by atoms with Crippen molar-refractivity contribution in [2.75, 3.05) is 27.7 Å². The molecule has 146 valence electrons. The summed E-state index contributed by atoms with van der Waals surface area (Å²) in [6.07, 6.45) is 2.55. The maximum Gasteiger partial charge on any atom is 0.251 e. The first-order valence-electron chi connectivity index (χ1n) is 8.40. The van der Waals surface area contributed by atoms with Crippen LogP contribution in [0.25, 0.3) is 0 Å². The summed E-state index contributed by atoms with van der Waals surface area (Å²) in [6, 6.07) is 11.4. The van der Waals surface area contributed by atoms with Crippen LogP contribution < -0.4 is 20.7 Å². The predicted molar refractivity (Wildman–Crippen MR) is 118 cm³/mol. The molecule has 2 rings (SSSR count). The largest absolute Gasteiger partial charge is 0.481 e. The Hall–Kier alpha value is -2.36. The smallest absolute Gasteiger partial charge is 0.251 e. The topological polar surface area (TPSA) is 87.6 Å². The average molecular weight is 483 g/mol. The molecule has 0 aliphatic rings. The fraction of sp³-hybridized carbons (Fsp3) is 0.316. The number of hydrogen-bond donors (Lipinski definition) is 3. The number of pyridine rings is 1. The lowest BCUT2D eigenvalue weighted by atomic mass is 10.1. The van der Waals surface area contributed by atoms with E-state index in [0.717, 1.165) is 17.5 Å². The molecule has 1 heterocycles. The number of methoxy groups -OCH3 is 1. The third kappa shape index (κ3) is 7.41. The molecule has 0 spiro atoms. The van der Waals surface area contributed by atoms with E-state index in [1.165, 1.54) is 0 Å². The van der Waals surface area contributed by atoms with Gasteiger partial charge in [-0.15, -0.1) is 24.0 Å². The summed E-state index contributed by atoms with van der Waals surface area (Å²) < 4.78 is 5.05. The third-order valence-corrected chi connectivity index (χ3v) is 3.81. The maximum atomic E-state index is 11.7. The number of amides is 1. The second-order valence-corrected chi connectivity index (χ2v) is 5.59. The van der Waals surface area contributed by atoms with Gasteiger partial charge in [-0.3, -0.25) is 9.79 Å². The summed E-state index contributed by atoms with van der Waals surface area (Å²) in [7, 11) is 4.95. The fourth-order valence-corrected chi connectivity index (χ4v) is 2.38. The maximum absolute atomic E-state index is 11.7. The summed E-state index contributed by atoms with van der Waals surface area (Å²) >= 11 is 0. The molecule has 0 atom stereocenters. The van der Waals surface area contributed by atoms with Crippen LogP contribution >= 0.6 is 24.0 Å². The van der Waals surface area contributed by atoms with Gasteiger partial charge < -0.3 is 20.7 Å². The number of guanidine groups is 1. The molecule has 3 N–H and O–H groups in total. The van der Waals surface area contributed by atoms with Crippen LogP contribution in [0.2, 0.25) is 0 Å². The van der Waals surface area contributed by atoms with Crippen molar-refractivity contribution >= 4 is 35.8 Å². The molecule has 0 aliphatic heterocycles. The SMILES string of the molecule is CN=C(NCCc1cccc(C(=O)NC)c1)NCc1ccc(OC)nc1.I. The van der Waals surface area contributed by atoms with Gasteiger partial charge in [0.1, 0.15) is 0 Å². The van der Waals surface area contributed by atoms with Crippen molar-refractivity contribution < 1.29 is 9.53 Å². The Morgan fingerprint density at radius 1 is 1.19 bits per heavy atom. The van der Waals surface area contributed by atoms with Crippen LogP contribution in [0, 0.1) is 0 Å². The molecule has 27 heavy (non-hydrogen) atoms. The van der Waals surface area contributed by atoms with Crippen molar-refractivity contribution in [1.29, 1.82) is 0 Å². The summed E-state index contributed by atoms with van der Waals surface area (Å²) in [5.41, 5.74) is 2.79. The number of aromatic nitrogens is 1. The van der Waals surface area contributed by atoms with Gasteiger partial charge in [0.2, 0.25) is 5.88 Å². The van der Waals surface area contributed by atoms with Gasteiger partial charge in [0.25, 0.3) is 5.91 Å². The van der Waals surface area contributed by atoms with Crippen LogP contribution in [0.3, 0.4) is 0 Å². The minimum absolute atomic E-state index is 0. The van der Waals surface area contributed by atoms with E-state index in [9.17, 15) is 4.79 Å². The van der Waals surface area contributed by atoms with Gasteiger partial charge in [-0.05, 0) is 29.7 Å². The zero-order valence-electron chi connectivity index (χ0n) is 15.8. The molecular formula is C19H26IN5O2. The Bertz CT molecular complexity index is 750. The van der Waals surface area contributed by atoms with Crippen molar-refractivity contribution in [1.82, 2.24) is 20.9 Å². The molecule has 0 saturated carbocycles. The number of benzene rings is 1. The Labute approximate surface area is 177 Å². The molecule has 1 aromatic carbocycles. The fourth-order valence-electron chi connectivity index (χ4n) is 2.38. The van der Waals surface area contributed by atoms with Crippen molar-refractivity contribution in [2.24, 2.45) is 4.99 Å². The average Bonchev–Trinajstić information content (AvgIpc) is 2.70. The quantitative estimate of drug-likeness (QED) is 0.319. The second kappa shape index (κ2) is 12.1. The molecule has 1 amide bonds. The molecule has 0 aliphatic carbocycles. The first-order valence-corrected chi connectivity index (χ1v) is 8.40. The second-order valence-electron chi connectivity index (χ2n) is 5.59. The predicted octanol–water partition coefficient (Wildman–Crippen LogP) is 1.98. The van der Waals surface area contributed by atoms with E-state index in [2.05, 4.69) is 25.9 Å². The van der Waals surface area contributed by atoms with E-state index in [1.54, 1.807) is 33.5 Å². The van der Waals surface area contributed by atoms with E-state index in [1.807, 2.05) is 30.3 Å². The summed E-state index contributed by atoms with van der Waals surface area (Å²) in [5, 5.41) is 9.14. The van der Waals surface area contributed by atoms with Crippen LogP contribution in [-0.4, -0.2) is 44.6 Å². The first-order chi connectivity index (χ1) is 12.7. The number of nitrogens with one attached hydrogen (secondary N) is 3.